The van der Waals surface area contributed by atoms with E-state index in [4.69, 9.17) is 9.47 Å². The Morgan fingerprint density at radius 1 is 1.22 bits per heavy atom. The van der Waals surface area contributed by atoms with Crippen LogP contribution in [0.3, 0.4) is 0 Å². The average Bonchev–Trinajstić information content (AvgIpc) is 2.60. The molecule has 0 atom stereocenters. The van der Waals surface area contributed by atoms with E-state index < -0.39 is 5.60 Å². The van der Waals surface area contributed by atoms with Crippen LogP contribution in [0.25, 0.3) is 10.8 Å². The molecule has 3 rings (SSSR count). The van der Waals surface area contributed by atoms with E-state index in [0.29, 0.717) is 24.2 Å². The summed E-state index contributed by atoms with van der Waals surface area (Å²) in [5.74, 6) is 0.636. The standard InChI is InChI=1S/C20H25BrN2O4/c1-20(2,3)27-19(25)22-8-6-14(7-9-22)23-10-5-13-11-16(21)17(26-4)12-15(13)18(23)24/h5,10-12,14H,6-9H2,1-4H3. The fraction of sp³-hybridized carbons (Fsp3) is 0.500. The van der Waals surface area contributed by atoms with Gasteiger partial charge < -0.3 is 18.9 Å². The number of hydrogen-bond acceptors (Lipinski definition) is 4. The number of carbonyl (C=O) groups is 1. The highest BCUT2D eigenvalue weighted by Gasteiger charge is 2.28. The highest BCUT2D eigenvalue weighted by atomic mass is 79.9. The number of aromatic nitrogens is 1. The molecule has 1 saturated heterocycles. The first-order chi connectivity index (χ1) is 12.7. The SMILES string of the molecule is COc1cc2c(=O)n(C3CCN(C(=O)OC(C)(C)C)CC3)ccc2cc1Br. The minimum absolute atomic E-state index is 0.0333. The molecule has 1 aliphatic heterocycles. The number of carbonyl (C=O) groups excluding carboxylic acids is 1. The van der Waals surface area contributed by atoms with Crippen LogP contribution in [0.2, 0.25) is 0 Å². The Hall–Kier alpha value is -2.02. The van der Waals surface area contributed by atoms with Crippen molar-refractivity contribution in [3.63, 3.8) is 0 Å². The van der Waals surface area contributed by atoms with Crippen LogP contribution in [0.15, 0.2) is 33.7 Å². The van der Waals surface area contributed by atoms with E-state index in [1.165, 1.54) is 0 Å². The number of hydrogen-bond donors (Lipinski definition) is 0. The van der Waals surface area contributed by atoms with Crippen molar-refractivity contribution in [3.8, 4) is 5.75 Å². The van der Waals surface area contributed by atoms with E-state index in [0.717, 1.165) is 22.7 Å². The van der Waals surface area contributed by atoms with Gasteiger partial charge in [0.05, 0.1) is 17.0 Å². The Bertz CT molecular complexity index is 909. The maximum Gasteiger partial charge on any atom is 0.410 e. The summed E-state index contributed by atoms with van der Waals surface area (Å²) in [6.07, 6.45) is 3.00. The van der Waals surface area contributed by atoms with Crippen molar-refractivity contribution in [1.82, 2.24) is 9.47 Å². The van der Waals surface area contributed by atoms with Gasteiger partial charge in [0.1, 0.15) is 11.4 Å². The Morgan fingerprint density at radius 3 is 2.48 bits per heavy atom. The molecule has 0 bridgehead atoms. The predicted molar refractivity (Wildman–Crippen MR) is 109 cm³/mol. The lowest BCUT2D eigenvalue weighted by molar-refractivity contribution is 0.0187. The quantitative estimate of drug-likeness (QED) is 0.701. The van der Waals surface area contributed by atoms with Crippen molar-refractivity contribution in [2.24, 2.45) is 0 Å². The number of piperidine rings is 1. The number of methoxy groups -OCH3 is 1. The second kappa shape index (κ2) is 7.54. The Labute approximate surface area is 167 Å². The molecule has 0 aliphatic carbocycles. The van der Waals surface area contributed by atoms with Gasteiger partial charge in [0, 0.05) is 25.3 Å². The van der Waals surface area contributed by atoms with Crippen LogP contribution in [0.4, 0.5) is 4.79 Å². The van der Waals surface area contributed by atoms with Gasteiger partial charge in [0.2, 0.25) is 0 Å². The minimum atomic E-state index is -0.503. The monoisotopic (exact) mass is 436 g/mol. The molecular formula is C20H25BrN2O4. The molecule has 1 aromatic heterocycles. The van der Waals surface area contributed by atoms with E-state index in [-0.39, 0.29) is 17.7 Å². The van der Waals surface area contributed by atoms with E-state index >= 15 is 0 Å². The van der Waals surface area contributed by atoms with Crippen LogP contribution in [0.1, 0.15) is 39.7 Å². The molecule has 0 radical (unpaired) electrons. The summed E-state index contributed by atoms with van der Waals surface area (Å²) < 4.78 is 13.4. The largest absolute Gasteiger partial charge is 0.496 e. The molecule has 27 heavy (non-hydrogen) atoms. The number of fused-ring (bicyclic) bond motifs is 1. The highest BCUT2D eigenvalue weighted by molar-refractivity contribution is 9.10. The first-order valence-electron chi connectivity index (χ1n) is 9.06. The normalized spacial score (nSPS) is 15.8. The molecule has 1 amide bonds. The Kier molecular flexibility index (Phi) is 5.51. The number of halogens is 1. The zero-order chi connectivity index (χ0) is 19.8. The summed E-state index contributed by atoms with van der Waals surface area (Å²) in [5.41, 5.74) is -0.537. The van der Waals surface area contributed by atoms with Crippen LogP contribution >= 0.6 is 15.9 Å². The molecule has 1 aliphatic rings. The van der Waals surface area contributed by atoms with E-state index in [9.17, 15) is 9.59 Å². The number of pyridine rings is 1. The molecule has 6 nitrogen and oxygen atoms in total. The maximum atomic E-state index is 13.0. The van der Waals surface area contributed by atoms with Crippen LogP contribution in [0.5, 0.6) is 5.75 Å². The van der Waals surface area contributed by atoms with Crippen molar-refractivity contribution in [1.29, 1.82) is 0 Å². The van der Waals surface area contributed by atoms with Crippen molar-refractivity contribution < 1.29 is 14.3 Å². The van der Waals surface area contributed by atoms with Gasteiger partial charge in [-0.3, -0.25) is 4.79 Å². The lowest BCUT2D eigenvalue weighted by Gasteiger charge is -2.34. The average molecular weight is 437 g/mol. The summed E-state index contributed by atoms with van der Waals surface area (Å²) in [7, 11) is 1.58. The number of ether oxygens (including phenoxy) is 2. The van der Waals surface area contributed by atoms with Crippen molar-refractivity contribution in [3.05, 3.63) is 39.2 Å². The third-order valence-electron chi connectivity index (χ3n) is 4.71. The topological polar surface area (TPSA) is 60.8 Å². The minimum Gasteiger partial charge on any atom is -0.496 e. The maximum absolute atomic E-state index is 13.0. The number of rotatable bonds is 2. The van der Waals surface area contributed by atoms with E-state index in [1.54, 1.807) is 22.6 Å². The second-order valence-electron chi connectivity index (χ2n) is 7.80. The van der Waals surface area contributed by atoms with Crippen molar-refractivity contribution in [2.75, 3.05) is 20.2 Å². The van der Waals surface area contributed by atoms with Gasteiger partial charge in [-0.25, -0.2) is 4.79 Å². The zero-order valence-electron chi connectivity index (χ0n) is 16.1. The van der Waals surface area contributed by atoms with Crippen LogP contribution in [-0.4, -0.2) is 41.4 Å². The molecule has 1 fully saturated rings. The lowest BCUT2D eigenvalue weighted by atomic mass is 10.0. The first-order valence-corrected chi connectivity index (χ1v) is 9.85. The zero-order valence-corrected chi connectivity index (χ0v) is 17.7. The molecule has 1 aromatic carbocycles. The Morgan fingerprint density at radius 2 is 1.89 bits per heavy atom. The summed E-state index contributed by atoms with van der Waals surface area (Å²) in [6, 6.07) is 5.68. The summed E-state index contributed by atoms with van der Waals surface area (Å²) in [5, 5.41) is 1.50. The fourth-order valence-electron chi connectivity index (χ4n) is 3.36. The molecule has 0 spiro atoms. The van der Waals surface area contributed by atoms with Gasteiger partial charge in [-0.15, -0.1) is 0 Å². The van der Waals surface area contributed by atoms with Gasteiger partial charge >= 0.3 is 6.09 Å². The molecule has 0 saturated carbocycles. The molecule has 2 aromatic rings. The predicted octanol–water partition coefficient (Wildman–Crippen LogP) is 4.34. The fourth-order valence-corrected chi connectivity index (χ4v) is 3.88. The number of benzene rings is 1. The molecule has 7 heteroatoms. The van der Waals surface area contributed by atoms with E-state index in [1.807, 2.05) is 39.1 Å². The third kappa shape index (κ3) is 4.29. The van der Waals surface area contributed by atoms with Crippen LogP contribution in [0, 0.1) is 0 Å². The lowest BCUT2D eigenvalue weighted by Crippen LogP contribution is -2.43. The first kappa shape index (κ1) is 19.7. The Balaban J connectivity index is 1.79. The highest BCUT2D eigenvalue weighted by Crippen LogP contribution is 2.30. The van der Waals surface area contributed by atoms with Gasteiger partial charge in [0.25, 0.3) is 5.56 Å². The molecule has 2 heterocycles. The van der Waals surface area contributed by atoms with E-state index in [2.05, 4.69) is 15.9 Å². The number of likely N-dealkylation sites (tertiary alicyclic amines) is 1. The summed E-state index contributed by atoms with van der Waals surface area (Å²) >= 11 is 3.45. The van der Waals surface area contributed by atoms with Gasteiger partial charge in [-0.05, 0) is 73.1 Å². The second-order valence-corrected chi connectivity index (χ2v) is 8.66. The van der Waals surface area contributed by atoms with Gasteiger partial charge in [0.15, 0.2) is 0 Å². The molecule has 146 valence electrons. The smallest absolute Gasteiger partial charge is 0.410 e. The third-order valence-corrected chi connectivity index (χ3v) is 5.33. The van der Waals surface area contributed by atoms with Crippen LogP contribution < -0.4 is 10.3 Å². The van der Waals surface area contributed by atoms with Crippen molar-refractivity contribution >= 4 is 32.8 Å². The molecule has 0 unspecified atom stereocenters. The van der Waals surface area contributed by atoms with Crippen LogP contribution in [-0.2, 0) is 4.74 Å². The summed E-state index contributed by atoms with van der Waals surface area (Å²) in [6.45, 7) is 6.73. The van der Waals surface area contributed by atoms with Gasteiger partial charge in [-0.2, -0.15) is 0 Å². The number of amides is 1. The number of nitrogens with zero attached hydrogens (tertiary/aromatic N) is 2. The van der Waals surface area contributed by atoms with Crippen molar-refractivity contribution in [2.45, 2.75) is 45.3 Å². The molecule has 0 N–H and O–H groups in total. The van der Waals surface area contributed by atoms with Gasteiger partial charge in [-0.1, -0.05) is 0 Å². The molecular weight excluding hydrogens is 412 g/mol. The summed E-state index contributed by atoms with van der Waals surface area (Å²) in [4.78, 5) is 26.9.